The molecule has 0 aromatic heterocycles. The molecule has 0 bridgehead atoms. The molecule has 0 aromatic carbocycles. The Morgan fingerprint density at radius 1 is 1.45 bits per heavy atom. The van der Waals surface area contributed by atoms with Crippen LogP contribution in [0, 0.1) is 0 Å². The molecule has 0 atom stereocenters. The summed E-state index contributed by atoms with van der Waals surface area (Å²) in [6, 6.07) is 0. The van der Waals surface area contributed by atoms with E-state index in [0.29, 0.717) is 6.42 Å². The number of esters is 1. The Balaban J connectivity index is 0. The summed E-state index contributed by atoms with van der Waals surface area (Å²) in [5, 5.41) is 0.981. The average Bonchev–Trinajstić information content (AvgIpc) is 1.59. The summed E-state index contributed by atoms with van der Waals surface area (Å²) in [5.74, 6) is -0.0706. The van der Waals surface area contributed by atoms with Gasteiger partial charge in [-0.15, -0.1) is 12.4 Å². The first kappa shape index (κ1) is 13.9. The molecule has 0 aliphatic rings. The number of halogens is 1. The van der Waals surface area contributed by atoms with Gasteiger partial charge in [0.15, 0.2) is 0 Å². The molecule has 0 saturated carbocycles. The monoisotopic (exact) mass is 229 g/mol. The number of carbonyl (C=O) groups excluding carboxylic acids is 1. The van der Waals surface area contributed by atoms with Crippen molar-refractivity contribution >= 4 is 18.4 Å². The van der Waals surface area contributed by atoms with Crippen molar-refractivity contribution in [2.45, 2.75) is 37.8 Å². The van der Waals surface area contributed by atoms with Gasteiger partial charge in [0.2, 0.25) is 0 Å². The molecule has 4 heteroatoms. The molecule has 0 unspecified atom stereocenters. The molecule has 0 spiro atoms. The molecular formula is C7H14ClO2Zn. The zero-order valence-corrected chi connectivity index (χ0v) is 11.1. The molecule has 63 valence electrons. The van der Waals surface area contributed by atoms with Gasteiger partial charge < -0.3 is 0 Å². The van der Waals surface area contributed by atoms with E-state index in [0.717, 1.165) is 5.02 Å². The van der Waals surface area contributed by atoms with Crippen molar-refractivity contribution in [1.29, 1.82) is 0 Å². The fourth-order valence-corrected chi connectivity index (χ4v) is 1.14. The molecular weight excluding hydrogens is 217 g/mol. The van der Waals surface area contributed by atoms with Crippen LogP contribution in [0.2, 0.25) is 5.02 Å². The number of hydrogen-bond acceptors (Lipinski definition) is 2. The first-order chi connectivity index (χ1) is 4.45. The van der Waals surface area contributed by atoms with Gasteiger partial charge in [0.05, 0.1) is 0 Å². The Hall–Kier alpha value is 0.383. The number of hydrogen-bond donors (Lipinski definition) is 0. The van der Waals surface area contributed by atoms with Crippen LogP contribution >= 0.6 is 12.4 Å². The van der Waals surface area contributed by atoms with E-state index in [9.17, 15) is 4.79 Å². The quantitative estimate of drug-likeness (QED) is 0.537. The molecule has 2 nitrogen and oxygen atoms in total. The topological polar surface area (TPSA) is 26.3 Å². The summed E-state index contributed by atoms with van der Waals surface area (Å²) in [5.41, 5.74) is -0.313. The maximum atomic E-state index is 10.9. The minimum absolute atomic E-state index is 0. The predicted molar refractivity (Wildman–Crippen MR) is 42.5 cm³/mol. The maximum absolute atomic E-state index is 10.9. The van der Waals surface area contributed by atoms with Gasteiger partial charge in [-0.2, -0.15) is 0 Å². The normalized spacial score (nSPS) is 10.3. The summed E-state index contributed by atoms with van der Waals surface area (Å²) in [7, 11) is 0. The van der Waals surface area contributed by atoms with Crippen LogP contribution in [-0.4, -0.2) is 11.6 Å². The van der Waals surface area contributed by atoms with Crippen molar-refractivity contribution in [3.8, 4) is 0 Å². The van der Waals surface area contributed by atoms with Crippen molar-refractivity contribution in [1.82, 2.24) is 0 Å². The van der Waals surface area contributed by atoms with Gasteiger partial charge >= 0.3 is 71.6 Å². The summed E-state index contributed by atoms with van der Waals surface area (Å²) in [4.78, 5) is 10.9. The fraction of sp³-hybridized carbons (Fsp3) is 0.857. The Kier molecular flexibility index (Phi) is 7.55. The average molecular weight is 231 g/mol. The Labute approximate surface area is 84.2 Å². The Morgan fingerprint density at radius 3 is 2.18 bits per heavy atom. The molecule has 0 N–H and O–H groups in total. The maximum Gasteiger partial charge on any atom is -0.147 e. The van der Waals surface area contributed by atoms with Gasteiger partial charge in [-0.1, -0.05) is 0 Å². The third-order valence-corrected chi connectivity index (χ3v) is 1.54. The first-order valence-corrected chi connectivity index (χ1v) is 5.56. The van der Waals surface area contributed by atoms with Crippen LogP contribution in [0.3, 0.4) is 0 Å². The minimum Gasteiger partial charge on any atom is -0.147 e. The van der Waals surface area contributed by atoms with Crippen molar-refractivity contribution in [2.75, 3.05) is 0 Å². The van der Waals surface area contributed by atoms with Crippen LogP contribution < -0.4 is 0 Å². The second-order valence-electron chi connectivity index (χ2n) is 3.19. The molecule has 0 amide bonds. The first-order valence-electron chi connectivity index (χ1n) is 3.47. The van der Waals surface area contributed by atoms with E-state index < -0.39 is 0 Å². The summed E-state index contributed by atoms with van der Waals surface area (Å²) < 4.78 is 5.06. The predicted octanol–water partition coefficient (Wildman–Crippen LogP) is 2.11. The molecule has 0 fully saturated rings. The van der Waals surface area contributed by atoms with E-state index in [-0.39, 0.29) is 24.0 Å². The molecule has 0 radical (unpaired) electrons. The second-order valence-corrected chi connectivity index (χ2v) is 4.67. The van der Waals surface area contributed by atoms with E-state index in [1.165, 1.54) is 18.3 Å². The molecule has 0 saturated heterocycles. The molecule has 0 rings (SSSR count). The molecule has 0 aliphatic carbocycles. The fourth-order valence-electron chi connectivity index (χ4n) is 0.537. The van der Waals surface area contributed by atoms with Crippen molar-refractivity contribution < 1.29 is 27.8 Å². The smallest absolute Gasteiger partial charge is 0.147 e. The standard InChI is InChI=1S/C7H13O2.ClH.Zn/c1-5-6(8)9-7(2,3)4;;/h1,5H2,2-4H3;1H;. The minimum atomic E-state index is -0.313. The van der Waals surface area contributed by atoms with Crippen LogP contribution in [0.1, 0.15) is 27.2 Å². The van der Waals surface area contributed by atoms with E-state index in [4.69, 9.17) is 4.74 Å². The van der Waals surface area contributed by atoms with Gasteiger partial charge in [-0.3, -0.25) is 0 Å². The largest absolute Gasteiger partial charge is 0.147 e. The Morgan fingerprint density at radius 2 is 1.91 bits per heavy atom. The van der Waals surface area contributed by atoms with Crippen molar-refractivity contribution in [3.63, 3.8) is 0 Å². The zero-order chi connectivity index (χ0) is 8.20. The SMILES string of the molecule is CC(C)(C)OC(=O)C[CH2][Zn].Cl. The molecule has 0 heterocycles. The molecule has 11 heavy (non-hydrogen) atoms. The van der Waals surface area contributed by atoms with Crippen molar-refractivity contribution in [3.05, 3.63) is 0 Å². The second kappa shape index (κ2) is 5.96. The van der Waals surface area contributed by atoms with Crippen molar-refractivity contribution in [2.24, 2.45) is 0 Å². The summed E-state index contributed by atoms with van der Waals surface area (Å²) in [6.45, 7) is 5.66. The third-order valence-electron chi connectivity index (χ3n) is 0.801. The van der Waals surface area contributed by atoms with Gasteiger partial charge in [0.25, 0.3) is 0 Å². The summed E-state index contributed by atoms with van der Waals surface area (Å²) in [6.07, 6.45) is 0.581. The van der Waals surface area contributed by atoms with Crippen LogP contribution in [0.15, 0.2) is 0 Å². The number of ether oxygens (including phenoxy) is 1. The zero-order valence-electron chi connectivity index (χ0n) is 7.35. The van der Waals surface area contributed by atoms with Gasteiger partial charge in [0.1, 0.15) is 0 Å². The van der Waals surface area contributed by atoms with Crippen LogP contribution in [-0.2, 0) is 27.8 Å². The van der Waals surface area contributed by atoms with Gasteiger partial charge in [-0.05, 0) is 0 Å². The summed E-state index contributed by atoms with van der Waals surface area (Å²) >= 11 is 1.17. The molecule has 0 aliphatic heterocycles. The van der Waals surface area contributed by atoms with E-state index in [2.05, 4.69) is 0 Å². The van der Waals surface area contributed by atoms with Gasteiger partial charge in [-0.25, -0.2) is 0 Å². The van der Waals surface area contributed by atoms with E-state index in [1.54, 1.807) is 0 Å². The van der Waals surface area contributed by atoms with Gasteiger partial charge in [0, 0.05) is 0 Å². The van der Waals surface area contributed by atoms with Crippen LogP contribution in [0.5, 0.6) is 0 Å². The third kappa shape index (κ3) is 10.4. The Bertz CT molecular complexity index is 120. The van der Waals surface area contributed by atoms with E-state index >= 15 is 0 Å². The van der Waals surface area contributed by atoms with Crippen LogP contribution in [0.25, 0.3) is 0 Å². The molecule has 0 aromatic rings. The van der Waals surface area contributed by atoms with E-state index in [1.807, 2.05) is 20.8 Å². The number of carbonyl (C=O) groups is 1. The number of rotatable bonds is 2. The van der Waals surface area contributed by atoms with Crippen LogP contribution in [0.4, 0.5) is 0 Å².